The van der Waals surface area contributed by atoms with Crippen LogP contribution in [-0.2, 0) is 4.79 Å². The van der Waals surface area contributed by atoms with Gasteiger partial charge in [0.2, 0.25) is 0 Å². The number of carbonyl (C=O) groups excluding carboxylic acids is 2. The van der Waals surface area contributed by atoms with Crippen molar-refractivity contribution in [3.8, 4) is 5.75 Å². The molecular formula is C17H9Cl2NO5-2. The summed E-state index contributed by atoms with van der Waals surface area (Å²) in [6.45, 7) is 0. The van der Waals surface area contributed by atoms with Crippen LogP contribution in [0.15, 0.2) is 30.3 Å². The molecule has 0 amide bonds. The first-order valence-corrected chi connectivity index (χ1v) is 8.11. The van der Waals surface area contributed by atoms with E-state index in [-0.39, 0.29) is 11.3 Å². The van der Waals surface area contributed by atoms with E-state index in [0.717, 1.165) is 0 Å². The number of halogens is 2. The fraction of sp³-hybridized carbons (Fsp3) is 0.176. The molecular weight excluding hydrogens is 369 g/mol. The smallest absolute Gasteiger partial charge is 0.135 e. The van der Waals surface area contributed by atoms with Gasteiger partial charge in [0, 0.05) is 32.4 Å². The number of anilines is 1. The van der Waals surface area contributed by atoms with Crippen molar-refractivity contribution in [1.82, 2.24) is 0 Å². The van der Waals surface area contributed by atoms with E-state index in [1.54, 1.807) is 24.3 Å². The van der Waals surface area contributed by atoms with Crippen molar-refractivity contribution < 1.29 is 24.5 Å². The first kappa shape index (κ1) is 16.1. The Balaban J connectivity index is 1.98. The van der Waals surface area contributed by atoms with E-state index in [1.165, 1.54) is 6.07 Å². The number of benzene rings is 2. The molecule has 0 saturated carbocycles. The van der Waals surface area contributed by atoms with Gasteiger partial charge in [0.25, 0.3) is 0 Å². The lowest BCUT2D eigenvalue weighted by atomic mass is 9.81. The number of aliphatic carboxylic acids is 1. The number of carboxylic acids is 2. The van der Waals surface area contributed by atoms with E-state index in [2.05, 4.69) is 5.32 Å². The zero-order valence-corrected chi connectivity index (χ0v) is 13.9. The molecule has 0 aliphatic carbocycles. The number of fused-ring (bicyclic) bond motifs is 5. The summed E-state index contributed by atoms with van der Waals surface area (Å²) >= 11 is 12.4. The number of carbonyl (C=O) groups is 2. The molecule has 8 heteroatoms. The molecule has 25 heavy (non-hydrogen) atoms. The molecule has 3 atom stereocenters. The Kier molecular flexibility index (Phi) is 3.56. The normalized spacial score (nSPS) is 22.9. The van der Waals surface area contributed by atoms with Crippen molar-refractivity contribution in [2.75, 3.05) is 5.32 Å². The fourth-order valence-corrected chi connectivity index (χ4v) is 4.13. The summed E-state index contributed by atoms with van der Waals surface area (Å²) in [5.41, 5.74) is 1.44. The summed E-state index contributed by atoms with van der Waals surface area (Å²) in [6, 6.07) is 6.48. The maximum Gasteiger partial charge on any atom is 0.135 e. The van der Waals surface area contributed by atoms with Gasteiger partial charge in [-0.25, -0.2) is 0 Å². The molecule has 2 aliphatic heterocycles. The number of rotatable bonds is 2. The lowest BCUT2D eigenvalue weighted by Gasteiger charge is -2.37. The van der Waals surface area contributed by atoms with Crippen LogP contribution in [0.2, 0.25) is 10.0 Å². The second-order valence-corrected chi connectivity index (χ2v) is 6.71. The molecule has 6 nitrogen and oxygen atoms in total. The van der Waals surface area contributed by atoms with Crippen LogP contribution in [0.5, 0.6) is 5.75 Å². The number of hydrogen-bond donors (Lipinski definition) is 1. The number of ether oxygens (including phenoxy) is 1. The number of aromatic carboxylic acids is 1. The summed E-state index contributed by atoms with van der Waals surface area (Å²) in [7, 11) is 0. The maximum atomic E-state index is 11.6. The lowest BCUT2D eigenvalue weighted by molar-refractivity contribution is -0.308. The van der Waals surface area contributed by atoms with Gasteiger partial charge in [-0.1, -0.05) is 35.3 Å². The zero-order valence-electron chi connectivity index (χ0n) is 12.4. The van der Waals surface area contributed by atoms with E-state index < -0.39 is 30.0 Å². The van der Waals surface area contributed by atoms with Gasteiger partial charge in [-0.05, 0) is 18.2 Å². The number of para-hydroxylation sites is 1. The zero-order chi connectivity index (χ0) is 17.9. The predicted molar refractivity (Wildman–Crippen MR) is 85.9 cm³/mol. The highest BCUT2D eigenvalue weighted by molar-refractivity contribution is 6.35. The van der Waals surface area contributed by atoms with Gasteiger partial charge in [0.05, 0.1) is 17.9 Å². The van der Waals surface area contributed by atoms with E-state index in [4.69, 9.17) is 27.9 Å². The average Bonchev–Trinajstić information content (AvgIpc) is 2.92. The summed E-state index contributed by atoms with van der Waals surface area (Å²) in [6.07, 6.45) is -0.910. The molecule has 3 unspecified atom stereocenters. The number of carboxylic acid groups (broad SMARTS) is 2. The van der Waals surface area contributed by atoms with Gasteiger partial charge >= 0.3 is 0 Å². The van der Waals surface area contributed by atoms with Crippen molar-refractivity contribution in [2.24, 2.45) is 0 Å². The van der Waals surface area contributed by atoms with Gasteiger partial charge in [0.1, 0.15) is 17.9 Å². The van der Waals surface area contributed by atoms with Crippen LogP contribution in [0.1, 0.15) is 27.4 Å². The van der Waals surface area contributed by atoms with Crippen LogP contribution in [0, 0.1) is 0 Å². The van der Waals surface area contributed by atoms with E-state index in [1.807, 2.05) is 0 Å². The third-order valence-electron chi connectivity index (χ3n) is 4.48. The van der Waals surface area contributed by atoms with Gasteiger partial charge in [-0.15, -0.1) is 0 Å². The van der Waals surface area contributed by atoms with Gasteiger partial charge in [-0.2, -0.15) is 0 Å². The molecule has 2 aliphatic rings. The largest absolute Gasteiger partial charge is 0.548 e. The third-order valence-corrected chi connectivity index (χ3v) is 5.01. The molecule has 0 fully saturated rings. The van der Waals surface area contributed by atoms with Crippen molar-refractivity contribution >= 4 is 40.8 Å². The standard InChI is InChI=1S/C17H11Cl2NO5/c18-6-4-9(19)12-10(5-6)20-13(17(23)24)15-11(12)7-2-1-3-8(16(21)22)14(7)25-15/h1-5,11,13,15,20H,(H,21,22)(H,23,24)/p-2. The number of nitrogens with one attached hydrogen (secondary N) is 1. The van der Waals surface area contributed by atoms with Crippen LogP contribution in [0.4, 0.5) is 5.69 Å². The first-order chi connectivity index (χ1) is 11.9. The van der Waals surface area contributed by atoms with Gasteiger partial charge in [0.15, 0.2) is 0 Å². The monoisotopic (exact) mass is 377 g/mol. The molecule has 2 aromatic rings. The lowest BCUT2D eigenvalue weighted by Crippen LogP contribution is -2.53. The minimum Gasteiger partial charge on any atom is -0.548 e. The third kappa shape index (κ3) is 2.33. The SMILES string of the molecule is O=C([O-])c1cccc2c1OC1C(C(=O)[O-])Nc3cc(Cl)cc(Cl)c3C21. The molecule has 4 rings (SSSR count). The molecule has 2 aromatic carbocycles. The van der Waals surface area contributed by atoms with E-state index in [9.17, 15) is 19.8 Å². The van der Waals surface area contributed by atoms with Crippen LogP contribution in [0.3, 0.4) is 0 Å². The highest BCUT2D eigenvalue weighted by Gasteiger charge is 2.47. The second kappa shape index (κ2) is 5.54. The molecule has 0 spiro atoms. The second-order valence-electron chi connectivity index (χ2n) is 5.86. The van der Waals surface area contributed by atoms with Crippen molar-refractivity contribution in [3.63, 3.8) is 0 Å². The van der Waals surface area contributed by atoms with Crippen molar-refractivity contribution in [2.45, 2.75) is 18.1 Å². The number of hydrogen-bond acceptors (Lipinski definition) is 6. The molecule has 1 N–H and O–H groups in total. The highest BCUT2D eigenvalue weighted by atomic mass is 35.5. The molecule has 0 radical (unpaired) electrons. The minimum atomic E-state index is -1.41. The quantitative estimate of drug-likeness (QED) is 0.830. The summed E-state index contributed by atoms with van der Waals surface area (Å²) in [5, 5.41) is 26.4. The molecule has 2 heterocycles. The maximum absolute atomic E-state index is 11.6. The molecule has 0 bridgehead atoms. The summed E-state index contributed by atoms with van der Waals surface area (Å²) in [5.74, 6) is -3.27. The Morgan fingerprint density at radius 2 is 1.92 bits per heavy atom. The Hall–Kier alpha value is -2.44. The van der Waals surface area contributed by atoms with Crippen LogP contribution in [-0.4, -0.2) is 24.1 Å². The fourth-order valence-electron chi connectivity index (χ4n) is 3.52. The minimum absolute atomic E-state index is 0.0874. The first-order valence-electron chi connectivity index (χ1n) is 7.35. The van der Waals surface area contributed by atoms with Crippen LogP contribution < -0.4 is 20.3 Å². The van der Waals surface area contributed by atoms with Gasteiger partial charge in [-0.3, -0.25) is 0 Å². The Labute approximate surface area is 151 Å². The van der Waals surface area contributed by atoms with E-state index in [0.29, 0.717) is 26.9 Å². The summed E-state index contributed by atoms with van der Waals surface area (Å²) < 4.78 is 5.72. The van der Waals surface area contributed by atoms with Crippen LogP contribution >= 0.6 is 23.2 Å². The predicted octanol–water partition coefficient (Wildman–Crippen LogP) is 0.794. The molecule has 0 aromatic heterocycles. The van der Waals surface area contributed by atoms with Crippen molar-refractivity contribution in [1.29, 1.82) is 0 Å². The summed E-state index contributed by atoms with van der Waals surface area (Å²) in [4.78, 5) is 23.0. The highest BCUT2D eigenvalue weighted by Crippen LogP contribution is 2.52. The Morgan fingerprint density at radius 1 is 1.16 bits per heavy atom. The van der Waals surface area contributed by atoms with E-state index >= 15 is 0 Å². The Bertz CT molecular complexity index is 929. The topological polar surface area (TPSA) is 102 Å². The Morgan fingerprint density at radius 3 is 2.60 bits per heavy atom. The van der Waals surface area contributed by atoms with Crippen LogP contribution in [0.25, 0.3) is 0 Å². The van der Waals surface area contributed by atoms with Crippen molar-refractivity contribution in [3.05, 3.63) is 57.1 Å². The average molecular weight is 378 g/mol. The van der Waals surface area contributed by atoms with Gasteiger partial charge < -0.3 is 29.9 Å². The molecule has 128 valence electrons. The molecule has 0 saturated heterocycles.